The summed E-state index contributed by atoms with van der Waals surface area (Å²) in [4.78, 5) is 0. The highest BCUT2D eigenvalue weighted by Gasteiger charge is 2.39. The molecule has 2 aliphatic rings. The average Bonchev–Trinajstić information content (AvgIpc) is 1.72. The van der Waals surface area contributed by atoms with Gasteiger partial charge in [0.15, 0.2) is 11.6 Å². The lowest BCUT2D eigenvalue weighted by Gasteiger charge is -2.18. The lowest BCUT2D eigenvalue weighted by molar-refractivity contribution is -0.139. The van der Waals surface area contributed by atoms with Crippen molar-refractivity contribution in [2.45, 2.75) is 122 Å². The third kappa shape index (κ3) is 19.8. The normalized spacial score (nSPS) is 15.7. The Bertz CT molecular complexity index is 5660. The van der Waals surface area contributed by atoms with Crippen LogP contribution in [0.2, 0.25) is 0 Å². The Balaban J connectivity index is 0.000000184. The fourth-order valence-corrected chi connectivity index (χ4v) is 13.9. The van der Waals surface area contributed by atoms with E-state index in [0.29, 0.717) is 64.6 Å². The zero-order valence-electron chi connectivity index (χ0n) is 62.0. The predicted molar refractivity (Wildman–Crippen MR) is 419 cm³/mol. The van der Waals surface area contributed by atoms with Crippen LogP contribution in [0.4, 0.5) is 39.5 Å². The fourth-order valence-electron chi connectivity index (χ4n) is 13.9. The van der Waals surface area contributed by atoms with E-state index in [-0.39, 0.29) is 63.8 Å². The van der Waals surface area contributed by atoms with Gasteiger partial charge in [-0.1, -0.05) is 57.3 Å². The number of nitriles is 3. The van der Waals surface area contributed by atoms with E-state index in [4.69, 9.17) is 48.9 Å². The zero-order valence-corrected chi connectivity index (χ0v) is 62.0. The van der Waals surface area contributed by atoms with Crippen molar-refractivity contribution in [2.24, 2.45) is 0 Å². The van der Waals surface area contributed by atoms with Crippen molar-refractivity contribution in [3.8, 4) is 69.8 Å². The van der Waals surface area contributed by atoms with Crippen LogP contribution in [-0.4, -0.2) is 101 Å². The molecule has 2 aliphatic heterocycles. The molecule has 0 aliphatic carbocycles. The van der Waals surface area contributed by atoms with E-state index in [9.17, 15) is 70.2 Å². The maximum absolute atomic E-state index is 13.1. The van der Waals surface area contributed by atoms with Crippen LogP contribution in [0.5, 0.6) is 34.5 Å². The fraction of sp³-hybridized carbons (Fsp3) is 0.270. The highest BCUT2D eigenvalue weighted by Crippen LogP contribution is 2.44. The van der Waals surface area contributed by atoms with Crippen molar-refractivity contribution in [3.63, 3.8) is 0 Å². The van der Waals surface area contributed by atoms with Crippen LogP contribution in [0.25, 0.3) is 49.8 Å². The molecule has 5 heterocycles. The standard InChI is InChI=1S/C30H27F3N2O5.C30H25F3N2O3.C27H23F3N2O5.2CH4/c1-29(2)38-17-27(40-29)24-4-3-5-26-28(24)19(12-21(37)16-36)15-35(26)20-6-8-22(9-7-20)39-23-10-11-25(30(31,32)33)18(13-23)14-34;1-4-6-19-17-35(26-8-5-7-24(28(19)26)27-18-36-29(2,3)38-27)21-9-11-22(12-10-21)37-23-13-14-25(30(31,32)33)20(15-23)16-34;28-27(29,30)23-9-8-21(11-16(23)12-31)37-20-6-4-18(5-7-20)32-13-17(10-19(35)14-33)26-22(25(36)15-34)2-1-3-24(26)32;;/h3-11,13,15,21,27,36-37H,12,16-17H2,1-2H3;4-5,7-15,17,27H,1,6,18H2,2-3H3;1-9,11,13,19,25,33-36H,10,14-15H2;2*1H4/t21-,27+;27-;19-,25?;;/m010../s1. The number of nitrogens with zero attached hydrogens (tertiary/aromatic N) is 6. The maximum Gasteiger partial charge on any atom is 0.417 e. The molecule has 19 nitrogen and oxygen atoms in total. The molecule has 117 heavy (non-hydrogen) atoms. The van der Waals surface area contributed by atoms with Gasteiger partial charge < -0.3 is 77.5 Å². The molecule has 1 unspecified atom stereocenters. The molecule has 14 rings (SSSR count). The summed E-state index contributed by atoms with van der Waals surface area (Å²) in [5.41, 5.74) is 5.34. The molecule has 28 heteroatoms. The van der Waals surface area contributed by atoms with Gasteiger partial charge in [-0.3, -0.25) is 0 Å². The maximum atomic E-state index is 13.1. The molecule has 0 amide bonds. The van der Waals surface area contributed by atoms with Gasteiger partial charge >= 0.3 is 18.5 Å². The summed E-state index contributed by atoms with van der Waals surface area (Å²) in [5, 5.41) is 89.0. The molecule has 0 radical (unpaired) electrons. The average molecular weight is 1620 g/mol. The third-order valence-electron chi connectivity index (χ3n) is 19.1. The number of fused-ring (bicyclic) bond motifs is 3. The van der Waals surface area contributed by atoms with Gasteiger partial charge in [-0.05, 0) is 213 Å². The SMILES string of the molecule is C.C.C=CCc1cn(-c2ccc(Oc3ccc(C(F)(F)F)c(C#N)c3)cc2)c2cccc([C@H]3COC(C)(C)O3)c12.CC1(C)OC[C@H](c2cccc3c2c(C[C@H](O)CO)cn3-c2ccc(Oc3ccc(C(F)(F)F)c(C#N)c3)cc2)O1.N#Cc1cc(Oc2ccc(-n3cc(C[C@H](O)CO)c4c(C(O)CO)cccc43)cc2)ccc1C(F)(F)F. The summed E-state index contributed by atoms with van der Waals surface area (Å²) in [7, 11) is 0. The van der Waals surface area contributed by atoms with Gasteiger partial charge in [0.2, 0.25) is 0 Å². The van der Waals surface area contributed by atoms with Crippen molar-refractivity contribution in [1.82, 2.24) is 13.7 Å². The first kappa shape index (κ1) is 87.6. The molecule has 0 spiro atoms. The number of alkyl halides is 9. The van der Waals surface area contributed by atoms with Crippen molar-refractivity contribution in [3.05, 3.63) is 280 Å². The molecule has 9 aromatic carbocycles. The van der Waals surface area contributed by atoms with Crippen LogP contribution in [0.1, 0.15) is 128 Å². The summed E-state index contributed by atoms with van der Waals surface area (Å²) < 4.78 is 165. The van der Waals surface area contributed by atoms with Gasteiger partial charge in [0.1, 0.15) is 52.8 Å². The number of aliphatic hydroxyl groups excluding tert-OH is 6. The molecular weight excluding hydrogens is 1530 g/mol. The van der Waals surface area contributed by atoms with Crippen molar-refractivity contribution >= 4 is 32.7 Å². The molecule has 5 atom stereocenters. The molecule has 3 aromatic heterocycles. The zero-order chi connectivity index (χ0) is 82.5. The number of allylic oxidation sites excluding steroid dienone is 1. The molecule has 0 saturated carbocycles. The van der Waals surface area contributed by atoms with Gasteiger partial charge in [-0.2, -0.15) is 55.3 Å². The molecular formula is C89H83F9N6O13. The highest BCUT2D eigenvalue weighted by atomic mass is 19.4. The largest absolute Gasteiger partial charge is 0.457 e. The molecule has 0 bridgehead atoms. The van der Waals surface area contributed by atoms with Gasteiger partial charge in [-0.25, -0.2) is 0 Å². The van der Waals surface area contributed by atoms with Crippen LogP contribution in [-0.2, 0) is 56.7 Å². The van der Waals surface area contributed by atoms with Crippen molar-refractivity contribution < 1.29 is 103 Å². The second-order valence-corrected chi connectivity index (χ2v) is 27.9. The number of benzene rings is 9. The van der Waals surface area contributed by atoms with Crippen LogP contribution in [0, 0.1) is 34.0 Å². The first-order chi connectivity index (χ1) is 54.7. The Morgan fingerprint density at radius 3 is 1.08 bits per heavy atom. The lowest BCUT2D eigenvalue weighted by atomic mass is 9.99. The monoisotopic (exact) mass is 1610 g/mol. The number of hydrogen-bond acceptors (Lipinski definition) is 16. The second-order valence-electron chi connectivity index (χ2n) is 27.9. The smallest absolute Gasteiger partial charge is 0.417 e. The first-order valence-corrected chi connectivity index (χ1v) is 35.9. The van der Waals surface area contributed by atoms with E-state index >= 15 is 0 Å². The van der Waals surface area contributed by atoms with E-state index in [1.165, 1.54) is 12.1 Å². The predicted octanol–water partition coefficient (Wildman–Crippen LogP) is 19.4. The van der Waals surface area contributed by atoms with E-state index in [0.717, 1.165) is 97.9 Å². The second kappa shape index (κ2) is 36.1. The Morgan fingerprint density at radius 1 is 0.453 bits per heavy atom. The van der Waals surface area contributed by atoms with Crippen LogP contribution in [0.3, 0.4) is 0 Å². The van der Waals surface area contributed by atoms with Crippen LogP contribution >= 0.6 is 0 Å². The molecule has 6 N–H and O–H groups in total. The highest BCUT2D eigenvalue weighted by molar-refractivity contribution is 5.91. The van der Waals surface area contributed by atoms with Crippen LogP contribution in [0.15, 0.2) is 213 Å². The quantitative estimate of drug-likeness (QED) is 0.0288. The lowest BCUT2D eigenvalue weighted by Crippen LogP contribution is -2.19. The van der Waals surface area contributed by atoms with Gasteiger partial charge in [0, 0.05) is 64.7 Å². The Morgan fingerprint density at radius 2 is 0.769 bits per heavy atom. The van der Waals surface area contributed by atoms with Gasteiger partial charge in [-0.15, -0.1) is 6.58 Å². The molecule has 12 aromatic rings. The third-order valence-corrected chi connectivity index (χ3v) is 19.1. The number of halogens is 9. The minimum atomic E-state index is -4.65. The molecule has 2 fully saturated rings. The number of hydrogen-bond donors (Lipinski definition) is 6. The Kier molecular flexibility index (Phi) is 27.0. The Labute approximate surface area is 667 Å². The summed E-state index contributed by atoms with van der Waals surface area (Å²) >= 11 is 0. The van der Waals surface area contributed by atoms with Gasteiger partial charge in [0.05, 0.1) is 113 Å². The molecule has 610 valence electrons. The summed E-state index contributed by atoms with van der Waals surface area (Å²) in [6.07, 6.45) is -8.87. The topological polar surface area (TPSA) is 272 Å². The number of ether oxygens (including phenoxy) is 7. The minimum absolute atomic E-state index is 0. The minimum Gasteiger partial charge on any atom is -0.457 e. The van der Waals surface area contributed by atoms with E-state index in [1.54, 1.807) is 97.2 Å². The number of aromatic nitrogens is 3. The first-order valence-electron chi connectivity index (χ1n) is 35.9. The van der Waals surface area contributed by atoms with Crippen molar-refractivity contribution in [1.29, 1.82) is 15.8 Å². The van der Waals surface area contributed by atoms with Gasteiger partial charge in [0.25, 0.3) is 0 Å². The van der Waals surface area contributed by atoms with E-state index in [2.05, 4.69) is 23.4 Å². The molecule has 2 saturated heterocycles. The van der Waals surface area contributed by atoms with Crippen LogP contribution < -0.4 is 14.2 Å². The number of rotatable bonds is 21. The van der Waals surface area contributed by atoms with Crippen molar-refractivity contribution in [2.75, 3.05) is 33.0 Å². The summed E-state index contributed by atoms with van der Waals surface area (Å²) in [6.45, 7) is 10.9. The number of aliphatic hydroxyl groups is 6. The summed E-state index contributed by atoms with van der Waals surface area (Å²) in [5.74, 6) is 0.0902. The van der Waals surface area contributed by atoms with E-state index in [1.807, 2.05) is 97.6 Å². The Hall–Kier alpha value is -11.8. The van der Waals surface area contributed by atoms with E-state index < -0.39 is 95.0 Å². The summed E-state index contributed by atoms with van der Waals surface area (Å²) in [6, 6.07) is 51.8.